The number of furan rings is 1. The minimum absolute atomic E-state index is 0.404. The number of carbonyl (C=O) groups is 1. The van der Waals surface area contributed by atoms with E-state index in [1.54, 1.807) is 6.92 Å². The lowest BCUT2D eigenvalue weighted by molar-refractivity contribution is -0.136. The monoisotopic (exact) mass is 438 g/mol. The van der Waals surface area contributed by atoms with Gasteiger partial charge in [-0.15, -0.1) is 11.8 Å². The lowest BCUT2D eigenvalue weighted by Gasteiger charge is -2.08. The van der Waals surface area contributed by atoms with Crippen LogP contribution in [0.3, 0.4) is 0 Å². The maximum absolute atomic E-state index is 11.0. The Balaban J connectivity index is 1.39. The van der Waals surface area contributed by atoms with Gasteiger partial charge in [-0.3, -0.25) is 4.79 Å². The molecule has 0 radical (unpaired) electrons. The average Bonchev–Trinajstić information content (AvgIpc) is 3.22. The second kappa shape index (κ2) is 8.56. The van der Waals surface area contributed by atoms with Crippen LogP contribution in [-0.4, -0.2) is 16.3 Å². The molecule has 5 aromatic rings. The molecule has 0 spiro atoms. The number of hydrogen-bond donors (Lipinski definition) is 1. The number of aliphatic carboxylic acids is 1. The molecule has 1 heterocycles. The lowest BCUT2D eigenvalue weighted by atomic mass is 9.98. The van der Waals surface area contributed by atoms with Crippen molar-refractivity contribution in [1.82, 2.24) is 0 Å². The van der Waals surface area contributed by atoms with E-state index in [-0.39, 0.29) is 0 Å². The zero-order valence-electron chi connectivity index (χ0n) is 17.6. The zero-order chi connectivity index (χ0) is 22.1. The second-order valence-electron chi connectivity index (χ2n) is 7.85. The largest absolute Gasteiger partial charge is 0.480 e. The number of carboxylic acids is 1. The average molecular weight is 439 g/mol. The van der Waals surface area contributed by atoms with Gasteiger partial charge in [-0.2, -0.15) is 0 Å². The summed E-state index contributed by atoms with van der Waals surface area (Å²) < 4.78 is 6.18. The Hall–Kier alpha value is -3.50. The summed E-state index contributed by atoms with van der Waals surface area (Å²) in [5.74, 6) is -0.0844. The van der Waals surface area contributed by atoms with Crippen LogP contribution in [0.4, 0.5) is 0 Å². The van der Waals surface area contributed by atoms with E-state index in [0.29, 0.717) is 5.75 Å². The predicted molar refractivity (Wildman–Crippen MR) is 133 cm³/mol. The van der Waals surface area contributed by atoms with Gasteiger partial charge in [-0.1, -0.05) is 84.9 Å². The van der Waals surface area contributed by atoms with Crippen LogP contribution in [0.2, 0.25) is 0 Å². The second-order valence-corrected chi connectivity index (χ2v) is 9.18. The molecule has 1 atom stereocenters. The predicted octanol–water partition coefficient (Wildman–Crippen LogP) is 7.63. The molecule has 3 nitrogen and oxygen atoms in total. The summed E-state index contributed by atoms with van der Waals surface area (Å²) in [5, 5.41) is 10.9. The number of hydrogen-bond acceptors (Lipinski definition) is 3. The molecule has 0 aliphatic heterocycles. The minimum atomic E-state index is -0.773. The van der Waals surface area contributed by atoms with E-state index >= 15 is 0 Å². The van der Waals surface area contributed by atoms with E-state index in [0.717, 1.165) is 49.8 Å². The van der Waals surface area contributed by atoms with Crippen LogP contribution in [-0.2, 0) is 10.5 Å². The molecule has 0 amide bonds. The van der Waals surface area contributed by atoms with E-state index in [2.05, 4.69) is 72.8 Å². The van der Waals surface area contributed by atoms with Crippen molar-refractivity contribution in [3.05, 3.63) is 96.6 Å². The highest BCUT2D eigenvalue weighted by molar-refractivity contribution is 7.99. The van der Waals surface area contributed by atoms with Crippen LogP contribution >= 0.6 is 11.8 Å². The highest BCUT2D eigenvalue weighted by atomic mass is 32.2. The van der Waals surface area contributed by atoms with Gasteiger partial charge in [-0.05, 0) is 35.2 Å². The van der Waals surface area contributed by atoms with Gasteiger partial charge in [0.2, 0.25) is 0 Å². The molecular formula is C28H22O3S. The summed E-state index contributed by atoms with van der Waals surface area (Å²) in [4.78, 5) is 11.0. The Morgan fingerprint density at radius 3 is 2.16 bits per heavy atom. The van der Waals surface area contributed by atoms with E-state index in [4.69, 9.17) is 9.52 Å². The maximum Gasteiger partial charge on any atom is 0.316 e. The molecular weight excluding hydrogens is 416 g/mol. The molecule has 1 N–H and O–H groups in total. The molecule has 32 heavy (non-hydrogen) atoms. The van der Waals surface area contributed by atoms with E-state index in [1.165, 1.54) is 11.8 Å². The molecule has 0 saturated heterocycles. The fourth-order valence-corrected chi connectivity index (χ4v) is 4.68. The van der Waals surface area contributed by atoms with Crippen LogP contribution in [0.1, 0.15) is 12.5 Å². The third-order valence-electron chi connectivity index (χ3n) is 5.74. The van der Waals surface area contributed by atoms with Gasteiger partial charge in [0.25, 0.3) is 0 Å². The maximum atomic E-state index is 11.0. The molecule has 158 valence electrons. The molecule has 1 aromatic heterocycles. The van der Waals surface area contributed by atoms with Gasteiger partial charge in [0.05, 0.1) is 5.25 Å². The summed E-state index contributed by atoms with van der Waals surface area (Å²) in [6.07, 6.45) is 0. The fourth-order valence-electron chi connectivity index (χ4n) is 3.90. The van der Waals surface area contributed by atoms with Crippen molar-refractivity contribution < 1.29 is 14.3 Å². The van der Waals surface area contributed by atoms with Crippen molar-refractivity contribution in [1.29, 1.82) is 0 Å². The third-order valence-corrected chi connectivity index (χ3v) is 6.94. The number of thioether (sulfide) groups is 1. The highest BCUT2D eigenvalue weighted by Crippen LogP contribution is 2.36. The van der Waals surface area contributed by atoms with Crippen molar-refractivity contribution in [3.63, 3.8) is 0 Å². The summed E-state index contributed by atoms with van der Waals surface area (Å²) in [5.41, 5.74) is 7.43. The SMILES string of the molecule is CC(SCc1ccc(-c2ccc(-c3cccc4c3oc3ccccc34)cc2)cc1)C(=O)O. The molecule has 0 bridgehead atoms. The first-order chi connectivity index (χ1) is 15.6. The quantitative estimate of drug-likeness (QED) is 0.296. The Kier molecular flexibility index (Phi) is 5.46. The van der Waals surface area contributed by atoms with Gasteiger partial charge in [0, 0.05) is 22.1 Å². The first kappa shape index (κ1) is 20.4. The Bertz CT molecular complexity index is 1400. The number of benzene rings is 4. The Labute approximate surface area is 190 Å². The molecule has 4 heteroatoms. The lowest BCUT2D eigenvalue weighted by Crippen LogP contribution is -2.11. The minimum Gasteiger partial charge on any atom is -0.480 e. The number of rotatable bonds is 6. The van der Waals surface area contributed by atoms with Gasteiger partial charge in [0.15, 0.2) is 0 Å². The molecule has 0 saturated carbocycles. The third kappa shape index (κ3) is 3.90. The van der Waals surface area contributed by atoms with Gasteiger partial charge in [-0.25, -0.2) is 0 Å². The molecule has 1 unspecified atom stereocenters. The number of carboxylic acid groups (broad SMARTS) is 1. The summed E-state index contributed by atoms with van der Waals surface area (Å²) in [6.45, 7) is 1.72. The molecule has 0 fully saturated rings. The topological polar surface area (TPSA) is 50.4 Å². The normalized spacial score (nSPS) is 12.3. The first-order valence-corrected chi connectivity index (χ1v) is 11.6. The van der Waals surface area contributed by atoms with Crippen molar-refractivity contribution in [2.45, 2.75) is 17.9 Å². The first-order valence-electron chi connectivity index (χ1n) is 10.5. The summed E-state index contributed by atoms with van der Waals surface area (Å²) >= 11 is 1.43. The van der Waals surface area contributed by atoms with Crippen LogP contribution < -0.4 is 0 Å². The van der Waals surface area contributed by atoms with Gasteiger partial charge >= 0.3 is 5.97 Å². The molecule has 4 aromatic carbocycles. The van der Waals surface area contributed by atoms with Crippen molar-refractivity contribution in [2.24, 2.45) is 0 Å². The van der Waals surface area contributed by atoms with Crippen LogP contribution in [0.5, 0.6) is 0 Å². The van der Waals surface area contributed by atoms with Crippen LogP contribution in [0.15, 0.2) is 95.4 Å². The molecule has 0 aliphatic rings. The van der Waals surface area contributed by atoms with E-state index in [9.17, 15) is 4.79 Å². The van der Waals surface area contributed by atoms with Crippen molar-refractivity contribution in [2.75, 3.05) is 0 Å². The Morgan fingerprint density at radius 1 is 0.812 bits per heavy atom. The summed E-state index contributed by atoms with van der Waals surface area (Å²) in [6, 6.07) is 31.3. The standard InChI is InChI=1S/C28H22O3S/c1-18(28(29)30)32-17-19-9-11-20(12-10-19)21-13-15-22(16-14-21)23-6-4-7-25-24-5-2-3-8-26(24)31-27(23)25/h2-16,18H,17H2,1H3,(H,29,30). The number of fused-ring (bicyclic) bond motifs is 3. The Morgan fingerprint density at radius 2 is 1.44 bits per heavy atom. The summed E-state index contributed by atoms with van der Waals surface area (Å²) in [7, 11) is 0. The molecule has 5 rings (SSSR count). The van der Waals surface area contributed by atoms with E-state index < -0.39 is 11.2 Å². The van der Waals surface area contributed by atoms with Crippen molar-refractivity contribution in [3.8, 4) is 22.3 Å². The van der Waals surface area contributed by atoms with Crippen LogP contribution in [0.25, 0.3) is 44.2 Å². The number of para-hydroxylation sites is 2. The van der Waals surface area contributed by atoms with Gasteiger partial charge in [0.1, 0.15) is 11.2 Å². The van der Waals surface area contributed by atoms with E-state index in [1.807, 2.05) is 18.2 Å². The highest BCUT2D eigenvalue weighted by Gasteiger charge is 2.12. The molecule has 0 aliphatic carbocycles. The van der Waals surface area contributed by atoms with Crippen LogP contribution in [0, 0.1) is 0 Å². The van der Waals surface area contributed by atoms with Crippen molar-refractivity contribution >= 4 is 39.7 Å². The van der Waals surface area contributed by atoms with Gasteiger partial charge < -0.3 is 9.52 Å². The smallest absolute Gasteiger partial charge is 0.316 e. The zero-order valence-corrected chi connectivity index (χ0v) is 18.4. The fraction of sp³-hybridized carbons (Fsp3) is 0.107.